The molecule has 2 heterocycles. The van der Waals surface area contributed by atoms with E-state index in [1.165, 1.54) is 13.0 Å². The van der Waals surface area contributed by atoms with Crippen LogP contribution in [-0.4, -0.2) is 60.6 Å². The van der Waals surface area contributed by atoms with E-state index in [2.05, 4.69) is 4.98 Å². The number of aromatic nitrogens is 2. The van der Waals surface area contributed by atoms with Crippen LogP contribution in [0, 0.1) is 6.92 Å². The van der Waals surface area contributed by atoms with Crippen LogP contribution in [0.4, 0.5) is 5.69 Å². The molecule has 0 spiro atoms. The molecule has 0 aliphatic carbocycles. The number of carbonyl (C=O) groups excluding carboxylic acids is 2. The van der Waals surface area contributed by atoms with E-state index in [1.54, 1.807) is 0 Å². The molecule has 7 nitrogen and oxygen atoms in total. The molecule has 2 aromatic rings. The Balaban J connectivity index is 2.44. The van der Waals surface area contributed by atoms with Crippen molar-refractivity contribution in [3.05, 3.63) is 22.2 Å². The van der Waals surface area contributed by atoms with E-state index in [4.69, 9.17) is 45.0 Å². The summed E-state index contributed by atoms with van der Waals surface area (Å²) in [5, 5.41) is -0.106. The van der Waals surface area contributed by atoms with E-state index in [0.717, 1.165) is 4.57 Å². The van der Waals surface area contributed by atoms with Crippen molar-refractivity contribution in [1.82, 2.24) is 14.9 Å². The van der Waals surface area contributed by atoms with Crippen molar-refractivity contribution in [2.45, 2.75) is 24.0 Å². The summed E-state index contributed by atoms with van der Waals surface area (Å²) in [5.41, 5.74) is 3.05. The Hall–Kier alpha value is -2.38. The summed E-state index contributed by atoms with van der Waals surface area (Å²) < 4.78 is 0.823. The molecule has 1 fully saturated rings. The van der Waals surface area contributed by atoms with Gasteiger partial charge in [0.1, 0.15) is 29.4 Å². The maximum absolute atomic E-state index is 13.1. The standard InChI is InChI=1S/C14H9B5N4O3/c1-4-21-6-2-5(15)9(16)10(20)8(6)11(25)23(4)14(19)12(26)22-7(24)3-13(14,17)18/h2H,3,20H2,1H3,(H,22,24,26). The number of nitrogens with one attached hydrogen (secondary N) is 1. The monoisotopic (exact) mass is 336 g/mol. The molecule has 12 heteroatoms. The summed E-state index contributed by atoms with van der Waals surface area (Å²) in [4.78, 5) is 41.5. The van der Waals surface area contributed by atoms with Gasteiger partial charge in [0, 0.05) is 12.1 Å². The van der Waals surface area contributed by atoms with Crippen LogP contribution in [-0.2, 0) is 15.0 Å². The van der Waals surface area contributed by atoms with Crippen molar-refractivity contribution in [2.24, 2.45) is 0 Å². The second-order valence-corrected chi connectivity index (χ2v) is 6.35. The lowest BCUT2D eigenvalue weighted by atomic mass is 9.37. The molecular formula is C14H9B5N4O3. The first-order valence-electron chi connectivity index (χ1n) is 7.50. The number of carbonyl (C=O) groups is 2. The summed E-state index contributed by atoms with van der Waals surface area (Å²) in [7, 11) is 29.6. The van der Waals surface area contributed by atoms with Crippen molar-refractivity contribution in [1.29, 1.82) is 0 Å². The van der Waals surface area contributed by atoms with Gasteiger partial charge in [-0.2, -0.15) is 0 Å². The molecule has 1 atom stereocenters. The number of piperidine rings is 1. The van der Waals surface area contributed by atoms with Gasteiger partial charge in [-0.15, -0.1) is 0 Å². The number of nitrogens with zero attached hydrogens (tertiary/aromatic N) is 2. The molecule has 10 radical (unpaired) electrons. The zero-order valence-electron chi connectivity index (χ0n) is 13.9. The summed E-state index contributed by atoms with van der Waals surface area (Å²) >= 11 is 0. The smallest absolute Gasteiger partial charge is 0.263 e. The van der Waals surface area contributed by atoms with Crippen LogP contribution in [0.5, 0.6) is 0 Å². The van der Waals surface area contributed by atoms with Crippen molar-refractivity contribution < 1.29 is 9.59 Å². The third-order valence-corrected chi connectivity index (χ3v) is 4.56. The van der Waals surface area contributed by atoms with Crippen LogP contribution in [0.2, 0.25) is 5.21 Å². The fraction of sp³-hybridized carbons (Fsp3) is 0.286. The van der Waals surface area contributed by atoms with E-state index >= 15 is 0 Å². The summed E-state index contributed by atoms with van der Waals surface area (Å²) in [6.07, 6.45) is -0.488. The Morgan fingerprint density at radius 3 is 2.42 bits per heavy atom. The highest BCUT2D eigenvalue weighted by Gasteiger charge is 2.53. The first kappa shape index (κ1) is 18.4. The number of aryl methyl sites for hydroxylation is 1. The Labute approximate surface area is 155 Å². The lowest BCUT2D eigenvalue weighted by Gasteiger charge is -2.48. The number of nitrogens with two attached hydrogens (primary N) is 1. The molecule has 26 heavy (non-hydrogen) atoms. The number of hydrogen-bond acceptors (Lipinski definition) is 5. The second kappa shape index (κ2) is 5.56. The van der Waals surface area contributed by atoms with Crippen LogP contribution in [0.25, 0.3) is 10.9 Å². The quantitative estimate of drug-likeness (QED) is 0.316. The topological polar surface area (TPSA) is 107 Å². The van der Waals surface area contributed by atoms with Crippen molar-refractivity contribution in [2.75, 3.05) is 5.73 Å². The number of amides is 2. The highest BCUT2D eigenvalue weighted by Crippen LogP contribution is 2.42. The average molecular weight is 335 g/mol. The molecule has 1 aromatic heterocycles. The number of fused-ring (bicyclic) bond motifs is 1. The molecule has 1 aromatic carbocycles. The number of benzene rings is 1. The summed E-state index contributed by atoms with van der Waals surface area (Å²) in [6.45, 7) is 1.43. The van der Waals surface area contributed by atoms with E-state index in [1.807, 2.05) is 5.32 Å². The molecule has 118 valence electrons. The van der Waals surface area contributed by atoms with Crippen LogP contribution >= 0.6 is 0 Å². The predicted molar refractivity (Wildman–Crippen MR) is 102 cm³/mol. The van der Waals surface area contributed by atoms with Gasteiger partial charge in [0.25, 0.3) is 5.56 Å². The zero-order valence-corrected chi connectivity index (χ0v) is 13.9. The molecule has 2 amide bonds. The molecule has 3 rings (SSSR count). The number of anilines is 1. The Bertz CT molecular complexity index is 1050. The van der Waals surface area contributed by atoms with Crippen LogP contribution in [0.1, 0.15) is 12.2 Å². The van der Waals surface area contributed by atoms with Crippen molar-refractivity contribution in [3.8, 4) is 0 Å². The minimum atomic E-state index is -2.29. The molecule has 1 aliphatic rings. The van der Waals surface area contributed by atoms with Crippen LogP contribution < -0.4 is 27.5 Å². The van der Waals surface area contributed by atoms with E-state index < -0.39 is 34.4 Å². The minimum Gasteiger partial charge on any atom is -0.399 e. The molecule has 1 saturated heterocycles. The van der Waals surface area contributed by atoms with E-state index in [0.29, 0.717) is 0 Å². The number of nitrogen functional groups attached to an aromatic ring is 1. The van der Waals surface area contributed by atoms with Gasteiger partial charge in [0.15, 0.2) is 0 Å². The Kier molecular flexibility index (Phi) is 3.94. The predicted octanol–water partition coefficient (Wildman–Crippen LogP) is -3.80. The molecule has 0 saturated carbocycles. The maximum Gasteiger partial charge on any atom is 0.263 e. The average Bonchev–Trinajstić information content (AvgIpc) is 2.49. The minimum absolute atomic E-state index is 0.00657. The molecular weight excluding hydrogens is 326 g/mol. The fourth-order valence-electron chi connectivity index (χ4n) is 3.12. The normalized spacial score (nSPS) is 22.3. The highest BCUT2D eigenvalue weighted by atomic mass is 16.2. The van der Waals surface area contributed by atoms with E-state index in [-0.39, 0.29) is 33.3 Å². The molecule has 0 bridgehead atoms. The number of imide groups is 1. The maximum atomic E-state index is 13.1. The SMILES string of the molecule is [B]c1cc2nc(C)n(C3([B])C(=O)NC(=O)CC3([B])[B])c(=O)c2c(N)c1[B]. The lowest BCUT2D eigenvalue weighted by Crippen LogP contribution is -2.66. The third kappa shape index (κ3) is 2.27. The molecule has 1 aliphatic heterocycles. The number of hydrogen-bond donors (Lipinski definition) is 2. The Morgan fingerprint density at radius 1 is 1.23 bits per heavy atom. The Morgan fingerprint density at radius 2 is 1.85 bits per heavy atom. The van der Waals surface area contributed by atoms with Crippen molar-refractivity contribution in [3.63, 3.8) is 0 Å². The van der Waals surface area contributed by atoms with Gasteiger partial charge in [0.2, 0.25) is 11.8 Å². The van der Waals surface area contributed by atoms with Gasteiger partial charge in [0.05, 0.1) is 32.0 Å². The molecule has 3 N–H and O–H groups in total. The summed E-state index contributed by atoms with van der Waals surface area (Å²) in [6, 6.07) is 1.38. The highest BCUT2D eigenvalue weighted by molar-refractivity contribution is 6.52. The largest absolute Gasteiger partial charge is 0.399 e. The van der Waals surface area contributed by atoms with Gasteiger partial charge in [-0.3, -0.25) is 24.3 Å². The van der Waals surface area contributed by atoms with Crippen molar-refractivity contribution >= 4 is 78.6 Å². The van der Waals surface area contributed by atoms with Gasteiger partial charge in [-0.25, -0.2) is 4.98 Å². The zero-order chi connectivity index (χ0) is 19.6. The van der Waals surface area contributed by atoms with Crippen LogP contribution in [0.3, 0.4) is 0 Å². The first-order valence-corrected chi connectivity index (χ1v) is 7.50. The summed E-state index contributed by atoms with van der Waals surface area (Å²) in [5.74, 6) is -1.72. The number of rotatable bonds is 1. The first-order chi connectivity index (χ1) is 11.9. The van der Waals surface area contributed by atoms with Gasteiger partial charge in [-0.05, 0) is 13.0 Å². The van der Waals surface area contributed by atoms with E-state index in [9.17, 15) is 14.4 Å². The third-order valence-electron chi connectivity index (χ3n) is 4.56. The van der Waals surface area contributed by atoms with Gasteiger partial charge >= 0.3 is 0 Å². The van der Waals surface area contributed by atoms with Gasteiger partial charge in [-0.1, -0.05) is 16.1 Å². The fourth-order valence-corrected chi connectivity index (χ4v) is 3.12. The lowest BCUT2D eigenvalue weighted by molar-refractivity contribution is -0.138. The second-order valence-electron chi connectivity index (χ2n) is 6.35. The molecule has 1 unspecified atom stereocenters. The van der Waals surface area contributed by atoms with Crippen LogP contribution in [0.15, 0.2) is 10.9 Å². The van der Waals surface area contributed by atoms with Gasteiger partial charge < -0.3 is 5.73 Å².